The Labute approximate surface area is 140 Å². The Morgan fingerprint density at radius 1 is 1.40 bits per heavy atom. The minimum Gasteiger partial charge on any atom is -0.466 e. The third kappa shape index (κ3) is 3.36. The fraction of sp³-hybridized carbons (Fsp3) is 0.400. The van der Waals surface area contributed by atoms with Gasteiger partial charge >= 0.3 is 18.2 Å². The zero-order valence-corrected chi connectivity index (χ0v) is 12.9. The van der Waals surface area contributed by atoms with E-state index in [2.05, 4.69) is 10.1 Å². The first-order valence-corrected chi connectivity index (χ1v) is 7.18. The first-order valence-electron chi connectivity index (χ1n) is 7.18. The van der Waals surface area contributed by atoms with Gasteiger partial charge in [-0.15, -0.1) is 0 Å². The fourth-order valence-corrected chi connectivity index (χ4v) is 2.58. The molecular formula is C15H14F3N3O4. The number of amides is 2. The van der Waals surface area contributed by atoms with Gasteiger partial charge in [-0.25, -0.2) is 4.79 Å². The molecule has 7 nitrogen and oxygen atoms in total. The lowest BCUT2D eigenvalue weighted by molar-refractivity contribution is -0.294. The van der Waals surface area contributed by atoms with Crippen molar-refractivity contribution in [1.82, 2.24) is 10.6 Å². The highest BCUT2D eigenvalue weighted by atomic mass is 19.4. The normalized spacial score (nSPS) is 26.2. The van der Waals surface area contributed by atoms with Crippen molar-refractivity contribution in [2.24, 2.45) is 5.92 Å². The van der Waals surface area contributed by atoms with Crippen LogP contribution in [-0.4, -0.2) is 35.6 Å². The molecule has 1 fully saturated rings. The summed E-state index contributed by atoms with van der Waals surface area (Å²) in [5.74, 6) is -3.51. The van der Waals surface area contributed by atoms with Crippen molar-refractivity contribution < 1.29 is 32.6 Å². The lowest BCUT2D eigenvalue weighted by atomic mass is 9.82. The van der Waals surface area contributed by atoms with Crippen LogP contribution in [-0.2, 0) is 9.53 Å². The molecule has 0 saturated carbocycles. The molecule has 1 saturated heterocycles. The molecule has 134 valence electrons. The Bertz CT molecular complexity index is 714. The molecule has 10 heteroatoms. The van der Waals surface area contributed by atoms with Crippen molar-refractivity contribution in [3.63, 3.8) is 0 Å². The number of nitriles is 1. The van der Waals surface area contributed by atoms with Crippen LogP contribution in [0.25, 0.3) is 0 Å². The summed E-state index contributed by atoms with van der Waals surface area (Å²) in [6, 6.07) is 4.25. The second kappa shape index (κ2) is 6.60. The highest BCUT2D eigenvalue weighted by Gasteiger charge is 2.67. The number of carbonyl (C=O) groups is 2. The van der Waals surface area contributed by atoms with Crippen LogP contribution in [0.5, 0.6) is 0 Å². The van der Waals surface area contributed by atoms with Crippen molar-refractivity contribution in [3.8, 4) is 6.07 Å². The Morgan fingerprint density at radius 3 is 2.48 bits per heavy atom. The van der Waals surface area contributed by atoms with E-state index in [0.717, 1.165) is 0 Å². The molecule has 1 aliphatic rings. The number of nitrogens with one attached hydrogen (secondary N) is 2. The number of rotatable bonds is 3. The summed E-state index contributed by atoms with van der Waals surface area (Å²) in [5, 5.41) is 22.5. The number of aliphatic hydroxyl groups is 1. The summed E-state index contributed by atoms with van der Waals surface area (Å²) >= 11 is 0. The smallest absolute Gasteiger partial charge is 0.437 e. The SMILES string of the molecule is CCOC(=O)[C@@H]1[C@H](c2ccc(C#N)cc2)NC(=O)N[C@@]1(O)C(F)(F)F. The van der Waals surface area contributed by atoms with Crippen molar-refractivity contribution in [3.05, 3.63) is 35.4 Å². The van der Waals surface area contributed by atoms with E-state index in [1.165, 1.54) is 36.5 Å². The third-order valence-electron chi connectivity index (χ3n) is 3.75. The molecule has 0 aliphatic carbocycles. The molecular weight excluding hydrogens is 343 g/mol. The van der Waals surface area contributed by atoms with Gasteiger partial charge in [0.1, 0.15) is 5.92 Å². The van der Waals surface area contributed by atoms with E-state index in [0.29, 0.717) is 0 Å². The van der Waals surface area contributed by atoms with Gasteiger partial charge in [0.15, 0.2) is 0 Å². The van der Waals surface area contributed by atoms with Crippen LogP contribution in [0.15, 0.2) is 24.3 Å². The minimum absolute atomic E-state index is 0.106. The van der Waals surface area contributed by atoms with Crippen LogP contribution in [0, 0.1) is 17.2 Å². The summed E-state index contributed by atoms with van der Waals surface area (Å²) in [4.78, 5) is 23.8. The molecule has 3 N–H and O–H groups in total. The number of hydrogen-bond acceptors (Lipinski definition) is 5. The van der Waals surface area contributed by atoms with Gasteiger partial charge in [-0.05, 0) is 24.6 Å². The summed E-state index contributed by atoms with van der Waals surface area (Å²) < 4.78 is 44.9. The second-order valence-corrected chi connectivity index (χ2v) is 5.30. The number of benzene rings is 1. The Kier molecular flexibility index (Phi) is 4.89. The van der Waals surface area contributed by atoms with Gasteiger partial charge in [0.25, 0.3) is 5.72 Å². The van der Waals surface area contributed by atoms with E-state index >= 15 is 0 Å². The first kappa shape index (κ1) is 18.5. The van der Waals surface area contributed by atoms with E-state index < -0.39 is 35.9 Å². The first-order chi connectivity index (χ1) is 11.6. The van der Waals surface area contributed by atoms with Crippen LogP contribution < -0.4 is 10.6 Å². The molecule has 2 amide bonds. The maximum absolute atomic E-state index is 13.4. The van der Waals surface area contributed by atoms with Crippen molar-refractivity contribution in [2.75, 3.05) is 6.61 Å². The third-order valence-corrected chi connectivity index (χ3v) is 3.75. The van der Waals surface area contributed by atoms with E-state index in [-0.39, 0.29) is 17.7 Å². The summed E-state index contributed by atoms with van der Waals surface area (Å²) in [6.07, 6.45) is -5.33. The monoisotopic (exact) mass is 357 g/mol. The molecule has 0 spiro atoms. The van der Waals surface area contributed by atoms with E-state index in [4.69, 9.17) is 5.26 Å². The molecule has 1 heterocycles. The summed E-state index contributed by atoms with van der Waals surface area (Å²) in [5.41, 5.74) is -3.46. The van der Waals surface area contributed by atoms with Gasteiger partial charge in [-0.3, -0.25) is 4.79 Å². The fourth-order valence-electron chi connectivity index (χ4n) is 2.58. The predicted molar refractivity (Wildman–Crippen MR) is 76.7 cm³/mol. The zero-order valence-electron chi connectivity index (χ0n) is 12.9. The van der Waals surface area contributed by atoms with Crippen LogP contribution in [0.3, 0.4) is 0 Å². The topological polar surface area (TPSA) is 111 Å². The standard InChI is InChI=1S/C15H14F3N3O4/c1-2-25-12(22)10-11(9-5-3-8(7-19)4-6-9)20-13(23)21-14(10,24)15(16,17)18/h3-6,10-11,24H,2H2,1H3,(H2,20,21,23)/t10-,11-,14-/m0/s1. The Morgan fingerprint density at radius 2 is 2.00 bits per heavy atom. The lowest BCUT2D eigenvalue weighted by Crippen LogP contribution is -2.73. The van der Waals surface area contributed by atoms with Crippen LogP contribution in [0.2, 0.25) is 0 Å². The molecule has 0 aromatic heterocycles. The summed E-state index contributed by atoms with van der Waals surface area (Å²) in [7, 11) is 0. The average Bonchev–Trinajstić information content (AvgIpc) is 2.53. The van der Waals surface area contributed by atoms with E-state index in [1.54, 1.807) is 0 Å². The molecule has 1 aliphatic heterocycles. The number of ether oxygens (including phenoxy) is 1. The van der Waals surface area contributed by atoms with Gasteiger partial charge in [-0.2, -0.15) is 18.4 Å². The number of halogens is 3. The van der Waals surface area contributed by atoms with Gasteiger partial charge in [-0.1, -0.05) is 12.1 Å². The average molecular weight is 357 g/mol. The number of carbonyl (C=O) groups excluding carboxylic acids is 2. The van der Waals surface area contributed by atoms with Crippen LogP contribution in [0.4, 0.5) is 18.0 Å². The number of alkyl halides is 3. The van der Waals surface area contributed by atoms with E-state index in [9.17, 15) is 27.9 Å². The van der Waals surface area contributed by atoms with Gasteiger partial charge in [0.2, 0.25) is 0 Å². The zero-order chi connectivity index (χ0) is 18.8. The molecule has 0 unspecified atom stereocenters. The highest BCUT2D eigenvalue weighted by molar-refractivity contribution is 5.83. The molecule has 3 atom stereocenters. The number of urea groups is 1. The van der Waals surface area contributed by atoms with Crippen molar-refractivity contribution >= 4 is 12.0 Å². The molecule has 1 aromatic carbocycles. The second-order valence-electron chi connectivity index (χ2n) is 5.30. The van der Waals surface area contributed by atoms with Gasteiger partial charge < -0.3 is 20.5 Å². The largest absolute Gasteiger partial charge is 0.466 e. The van der Waals surface area contributed by atoms with Gasteiger partial charge in [0, 0.05) is 0 Å². The van der Waals surface area contributed by atoms with Crippen molar-refractivity contribution in [1.29, 1.82) is 5.26 Å². The number of hydrogen-bond donors (Lipinski definition) is 3. The molecule has 0 radical (unpaired) electrons. The Hall–Kier alpha value is -2.80. The lowest BCUT2D eigenvalue weighted by Gasteiger charge is -2.44. The predicted octanol–water partition coefficient (Wildman–Crippen LogP) is 1.34. The Balaban J connectivity index is 2.55. The maximum Gasteiger partial charge on any atom is 0.437 e. The maximum atomic E-state index is 13.4. The number of nitrogens with zero attached hydrogens (tertiary/aromatic N) is 1. The minimum atomic E-state index is -5.33. The molecule has 0 bridgehead atoms. The quantitative estimate of drug-likeness (QED) is 0.707. The highest BCUT2D eigenvalue weighted by Crippen LogP contribution is 2.43. The van der Waals surface area contributed by atoms with Gasteiger partial charge in [0.05, 0.1) is 24.3 Å². The summed E-state index contributed by atoms with van der Waals surface area (Å²) in [6.45, 7) is 1.19. The van der Waals surface area contributed by atoms with Crippen LogP contribution in [0.1, 0.15) is 24.1 Å². The molecule has 1 aromatic rings. The van der Waals surface area contributed by atoms with E-state index in [1.807, 2.05) is 6.07 Å². The van der Waals surface area contributed by atoms with Crippen molar-refractivity contribution in [2.45, 2.75) is 24.9 Å². The van der Waals surface area contributed by atoms with Crippen LogP contribution >= 0.6 is 0 Å². The molecule has 2 rings (SSSR count). The number of esters is 1. The molecule has 25 heavy (non-hydrogen) atoms.